The number of rotatable bonds is 4. The van der Waals surface area contributed by atoms with Gasteiger partial charge in [0, 0.05) is 5.92 Å². The van der Waals surface area contributed by atoms with Crippen molar-refractivity contribution in [2.24, 2.45) is 29.6 Å². The number of carbonyl (C=O) groups excluding carboxylic acids is 2. The van der Waals surface area contributed by atoms with Gasteiger partial charge in [-0.1, -0.05) is 27.2 Å². The fourth-order valence-electron chi connectivity index (χ4n) is 3.19. The molecule has 0 spiro atoms. The molecule has 0 aliphatic heterocycles. The van der Waals surface area contributed by atoms with Crippen molar-refractivity contribution < 1.29 is 14.3 Å². The van der Waals surface area contributed by atoms with Gasteiger partial charge in [0.05, 0.1) is 5.92 Å². The lowest BCUT2D eigenvalue weighted by Gasteiger charge is -2.36. The monoisotopic (exact) mass is 286 g/mol. The van der Waals surface area contributed by atoms with E-state index in [2.05, 4.69) is 20.8 Å². The van der Waals surface area contributed by atoms with Crippen LogP contribution in [0, 0.1) is 29.6 Å². The second kappa shape index (κ2) is 5.82. The molecule has 0 N–H and O–H groups in total. The summed E-state index contributed by atoms with van der Waals surface area (Å²) in [5, 5.41) is -0.403. The van der Waals surface area contributed by atoms with E-state index in [1.807, 2.05) is 0 Å². The van der Waals surface area contributed by atoms with E-state index in [-0.39, 0.29) is 23.9 Å². The van der Waals surface area contributed by atoms with Gasteiger partial charge in [-0.15, -0.1) is 0 Å². The van der Waals surface area contributed by atoms with Gasteiger partial charge in [0.1, 0.15) is 6.10 Å². The van der Waals surface area contributed by atoms with Crippen LogP contribution < -0.4 is 0 Å². The predicted molar refractivity (Wildman–Crippen MR) is 73.7 cm³/mol. The standard InChI is InChI=1S/C15H23ClO3/c1-8(2)10-5-4-9(3)6-13(10)19-15(18)12-7-11(12)14(16)17/h8-13H,4-7H2,1-3H3/t9-,10+,11+,12+,13-/m0/s1. The summed E-state index contributed by atoms with van der Waals surface area (Å²) in [5.41, 5.74) is 0. The van der Waals surface area contributed by atoms with Crippen LogP contribution in [0.4, 0.5) is 0 Å². The van der Waals surface area contributed by atoms with Crippen molar-refractivity contribution in [1.29, 1.82) is 0 Å². The van der Waals surface area contributed by atoms with E-state index < -0.39 is 5.24 Å². The van der Waals surface area contributed by atoms with E-state index in [0.29, 0.717) is 24.2 Å². The molecule has 2 aliphatic rings. The predicted octanol–water partition coefficient (Wildman–Crippen LogP) is 3.39. The molecule has 0 heterocycles. The van der Waals surface area contributed by atoms with Crippen LogP contribution in [0.1, 0.15) is 46.5 Å². The molecule has 2 aliphatic carbocycles. The minimum atomic E-state index is -0.403. The molecule has 0 bridgehead atoms. The van der Waals surface area contributed by atoms with Crippen LogP contribution in [0.25, 0.3) is 0 Å². The summed E-state index contributed by atoms with van der Waals surface area (Å²) in [6.45, 7) is 6.58. The average molecular weight is 287 g/mol. The minimum Gasteiger partial charge on any atom is -0.462 e. The second-order valence-corrected chi connectivity index (χ2v) is 6.93. The normalized spacial score (nSPS) is 38.1. The van der Waals surface area contributed by atoms with E-state index in [0.717, 1.165) is 12.8 Å². The van der Waals surface area contributed by atoms with Crippen LogP contribution in [-0.2, 0) is 14.3 Å². The van der Waals surface area contributed by atoms with Gasteiger partial charge >= 0.3 is 5.97 Å². The molecule has 0 amide bonds. The number of carbonyl (C=O) groups is 2. The highest BCUT2D eigenvalue weighted by Gasteiger charge is 2.49. The highest BCUT2D eigenvalue weighted by Crippen LogP contribution is 2.43. The Morgan fingerprint density at radius 2 is 1.84 bits per heavy atom. The summed E-state index contributed by atoms with van der Waals surface area (Å²) >= 11 is 5.41. The molecule has 108 valence electrons. The number of ether oxygens (including phenoxy) is 1. The van der Waals surface area contributed by atoms with Gasteiger partial charge in [-0.3, -0.25) is 9.59 Å². The van der Waals surface area contributed by atoms with Gasteiger partial charge in [0.2, 0.25) is 5.24 Å². The van der Waals surface area contributed by atoms with E-state index in [4.69, 9.17) is 16.3 Å². The molecular weight excluding hydrogens is 264 g/mol. The number of esters is 1. The SMILES string of the molecule is CC(C)[C@H]1CC[C@H](C)C[C@@H]1OC(=O)[C@@H]1C[C@H]1C(=O)Cl. The first-order valence-electron chi connectivity index (χ1n) is 7.30. The van der Waals surface area contributed by atoms with E-state index in [1.165, 1.54) is 6.42 Å². The highest BCUT2D eigenvalue weighted by atomic mass is 35.5. The molecule has 5 atom stereocenters. The first-order chi connectivity index (χ1) is 8.90. The van der Waals surface area contributed by atoms with Crippen LogP contribution in [0.5, 0.6) is 0 Å². The summed E-state index contributed by atoms with van der Waals surface area (Å²) in [6, 6.07) is 0. The highest BCUT2D eigenvalue weighted by molar-refractivity contribution is 6.64. The summed E-state index contributed by atoms with van der Waals surface area (Å²) in [4.78, 5) is 23.0. The van der Waals surface area contributed by atoms with Gasteiger partial charge in [-0.2, -0.15) is 0 Å². The summed E-state index contributed by atoms with van der Waals surface area (Å²) in [7, 11) is 0. The molecule has 0 aromatic rings. The Kier molecular flexibility index (Phi) is 4.54. The zero-order chi connectivity index (χ0) is 14.2. The summed E-state index contributed by atoms with van der Waals surface area (Å²) in [6.07, 6.45) is 3.86. The molecule has 0 aromatic heterocycles. The van der Waals surface area contributed by atoms with Gasteiger partial charge in [0.25, 0.3) is 0 Å². The van der Waals surface area contributed by atoms with Crippen molar-refractivity contribution in [1.82, 2.24) is 0 Å². The third kappa shape index (κ3) is 3.50. The molecular formula is C15H23ClO3. The molecule has 0 aromatic carbocycles. The Labute approximate surface area is 120 Å². The van der Waals surface area contributed by atoms with Crippen LogP contribution in [0.2, 0.25) is 0 Å². The lowest BCUT2D eigenvalue weighted by atomic mass is 9.75. The van der Waals surface area contributed by atoms with Crippen LogP contribution >= 0.6 is 11.6 Å². The first-order valence-corrected chi connectivity index (χ1v) is 7.67. The van der Waals surface area contributed by atoms with E-state index in [1.54, 1.807) is 0 Å². The molecule has 0 unspecified atom stereocenters. The number of hydrogen-bond acceptors (Lipinski definition) is 3. The molecule has 3 nitrogen and oxygen atoms in total. The first kappa shape index (κ1) is 14.8. The van der Waals surface area contributed by atoms with Crippen molar-refractivity contribution in [2.75, 3.05) is 0 Å². The van der Waals surface area contributed by atoms with Gasteiger partial charge in [-0.05, 0) is 48.6 Å². The van der Waals surface area contributed by atoms with Crippen molar-refractivity contribution in [3.63, 3.8) is 0 Å². The smallest absolute Gasteiger partial charge is 0.310 e. The fraction of sp³-hybridized carbons (Fsp3) is 0.867. The fourth-order valence-corrected chi connectivity index (χ4v) is 3.43. The second-order valence-electron chi connectivity index (χ2n) is 6.55. The van der Waals surface area contributed by atoms with E-state index >= 15 is 0 Å². The Balaban J connectivity index is 1.92. The number of halogens is 1. The maximum absolute atomic E-state index is 12.0. The van der Waals surface area contributed by atoms with Crippen molar-refractivity contribution in [2.45, 2.75) is 52.6 Å². The molecule has 2 saturated carbocycles. The average Bonchev–Trinajstić information content (AvgIpc) is 3.08. The summed E-state index contributed by atoms with van der Waals surface area (Å²) in [5.74, 6) is 0.781. The zero-order valence-corrected chi connectivity index (χ0v) is 12.7. The lowest BCUT2D eigenvalue weighted by molar-refractivity contribution is -0.158. The maximum Gasteiger partial charge on any atom is 0.310 e. The zero-order valence-electron chi connectivity index (χ0n) is 11.9. The van der Waals surface area contributed by atoms with Crippen LogP contribution in [0.3, 0.4) is 0 Å². The molecule has 2 fully saturated rings. The van der Waals surface area contributed by atoms with Gasteiger partial charge in [-0.25, -0.2) is 0 Å². The topological polar surface area (TPSA) is 43.4 Å². The Morgan fingerprint density at radius 3 is 2.37 bits per heavy atom. The van der Waals surface area contributed by atoms with Gasteiger partial charge < -0.3 is 4.74 Å². The van der Waals surface area contributed by atoms with Crippen molar-refractivity contribution in [3.8, 4) is 0 Å². The van der Waals surface area contributed by atoms with Gasteiger partial charge in [0.15, 0.2) is 0 Å². The molecule has 19 heavy (non-hydrogen) atoms. The molecule has 2 rings (SSSR count). The quantitative estimate of drug-likeness (QED) is 0.588. The summed E-state index contributed by atoms with van der Waals surface area (Å²) < 4.78 is 5.69. The van der Waals surface area contributed by atoms with Crippen LogP contribution in [0.15, 0.2) is 0 Å². The van der Waals surface area contributed by atoms with E-state index in [9.17, 15) is 9.59 Å². The largest absolute Gasteiger partial charge is 0.462 e. The molecule has 0 saturated heterocycles. The third-order valence-electron chi connectivity index (χ3n) is 4.61. The maximum atomic E-state index is 12.0. The third-order valence-corrected chi connectivity index (χ3v) is 4.89. The molecule has 0 radical (unpaired) electrons. The Hall–Kier alpha value is -0.570. The minimum absolute atomic E-state index is 0.0166. The molecule has 4 heteroatoms. The van der Waals surface area contributed by atoms with Crippen molar-refractivity contribution in [3.05, 3.63) is 0 Å². The number of hydrogen-bond donors (Lipinski definition) is 0. The van der Waals surface area contributed by atoms with Crippen LogP contribution in [-0.4, -0.2) is 17.3 Å². The Morgan fingerprint density at radius 1 is 1.16 bits per heavy atom. The Bertz CT molecular complexity index is 366. The lowest BCUT2D eigenvalue weighted by Crippen LogP contribution is -2.36. The van der Waals surface area contributed by atoms with Crippen molar-refractivity contribution >= 4 is 22.8 Å².